The third-order valence-corrected chi connectivity index (χ3v) is 8.20. The number of hydrogen-bond donors (Lipinski definition) is 3. The number of carbonyl (C=O) groups is 1. The molecule has 7 rings (SSSR count). The van der Waals surface area contributed by atoms with Crippen LogP contribution < -0.4 is 16.0 Å². The van der Waals surface area contributed by atoms with Crippen molar-refractivity contribution in [1.29, 1.82) is 0 Å². The first-order valence-electron chi connectivity index (χ1n) is 12.4. The Labute approximate surface area is 195 Å². The summed E-state index contributed by atoms with van der Waals surface area (Å²) in [5.74, 6) is 4.64. The maximum atomic E-state index is 12.1. The van der Waals surface area contributed by atoms with Gasteiger partial charge in [-0.2, -0.15) is 4.98 Å². The van der Waals surface area contributed by atoms with E-state index < -0.39 is 0 Å². The summed E-state index contributed by atoms with van der Waals surface area (Å²) in [6.07, 6.45) is 10.6. The van der Waals surface area contributed by atoms with Crippen LogP contribution in [-0.4, -0.2) is 35.1 Å². The molecule has 5 saturated carbocycles. The zero-order valence-corrected chi connectivity index (χ0v) is 19.2. The van der Waals surface area contributed by atoms with E-state index in [0.29, 0.717) is 35.8 Å². The number of hydrogen-bond acceptors (Lipinski definition) is 6. The van der Waals surface area contributed by atoms with Gasteiger partial charge in [0.2, 0.25) is 11.9 Å². The van der Waals surface area contributed by atoms with E-state index in [1.807, 2.05) is 37.4 Å². The number of fused-ring (bicyclic) bond motifs is 1. The van der Waals surface area contributed by atoms with Gasteiger partial charge in [-0.25, -0.2) is 4.98 Å². The summed E-state index contributed by atoms with van der Waals surface area (Å²) < 4.78 is 5.90. The van der Waals surface area contributed by atoms with Crippen LogP contribution in [0.2, 0.25) is 0 Å². The summed E-state index contributed by atoms with van der Waals surface area (Å²) in [6, 6.07) is 10.1. The van der Waals surface area contributed by atoms with Crippen molar-refractivity contribution in [3.05, 3.63) is 36.5 Å². The Kier molecular flexibility index (Phi) is 5.45. The number of rotatable bonds is 7. The van der Waals surface area contributed by atoms with Crippen LogP contribution in [-0.2, 0) is 9.53 Å². The van der Waals surface area contributed by atoms with Crippen molar-refractivity contribution in [3.63, 3.8) is 0 Å². The van der Waals surface area contributed by atoms with E-state index in [1.165, 1.54) is 25.7 Å². The minimum Gasteiger partial charge on any atom is -0.381 e. The van der Waals surface area contributed by atoms with Gasteiger partial charge in [0.05, 0.1) is 6.10 Å². The second-order valence-corrected chi connectivity index (χ2v) is 10.5. The third-order valence-electron chi connectivity index (χ3n) is 8.20. The number of anilines is 4. The minimum absolute atomic E-state index is 0.108. The molecule has 5 fully saturated rings. The van der Waals surface area contributed by atoms with Gasteiger partial charge in [0, 0.05) is 36.6 Å². The van der Waals surface area contributed by atoms with E-state index in [1.54, 1.807) is 6.20 Å². The van der Waals surface area contributed by atoms with Crippen molar-refractivity contribution in [2.24, 2.45) is 29.6 Å². The standard InChI is InChI=1S/C26H33N5O2/c1-33-22-13-19-11-15-9-17(22)12-18(10-15)24(19)30-23-7-8-27-26(31-23)29-21-4-2-3-20(14-21)28-25(32)16-5-6-16/h2-4,7-8,14-19,22,24H,5-6,9-13H2,1H3,(H,28,32)(H2,27,29,30,31). The second kappa shape index (κ2) is 8.60. The lowest BCUT2D eigenvalue weighted by molar-refractivity contribution is -0.117. The quantitative estimate of drug-likeness (QED) is 0.564. The summed E-state index contributed by atoms with van der Waals surface area (Å²) in [5, 5.41) is 10.1. The summed E-state index contributed by atoms with van der Waals surface area (Å²) in [5.41, 5.74) is 1.65. The Morgan fingerprint density at radius 2 is 1.79 bits per heavy atom. The molecule has 0 saturated heterocycles. The highest BCUT2D eigenvalue weighted by Gasteiger charge is 2.49. The number of benzene rings is 1. The molecule has 0 radical (unpaired) electrons. The smallest absolute Gasteiger partial charge is 0.229 e. The van der Waals surface area contributed by atoms with Gasteiger partial charge in [0.25, 0.3) is 0 Å². The number of ether oxygens (including phenoxy) is 1. The van der Waals surface area contributed by atoms with Crippen LogP contribution in [0, 0.1) is 29.6 Å². The molecule has 1 amide bonds. The van der Waals surface area contributed by atoms with Crippen molar-refractivity contribution < 1.29 is 9.53 Å². The van der Waals surface area contributed by atoms with Crippen molar-refractivity contribution in [2.45, 2.75) is 57.1 Å². The maximum absolute atomic E-state index is 12.1. The fourth-order valence-electron chi connectivity index (χ4n) is 6.60. The summed E-state index contributed by atoms with van der Waals surface area (Å²) >= 11 is 0. The van der Waals surface area contributed by atoms with Crippen LogP contribution >= 0.6 is 0 Å². The van der Waals surface area contributed by atoms with E-state index in [9.17, 15) is 4.79 Å². The van der Waals surface area contributed by atoms with E-state index in [-0.39, 0.29) is 11.8 Å². The molecule has 0 aliphatic heterocycles. The molecule has 5 aliphatic carbocycles. The minimum atomic E-state index is 0.108. The van der Waals surface area contributed by atoms with Crippen molar-refractivity contribution in [1.82, 2.24) is 9.97 Å². The number of carbonyl (C=O) groups excluding carboxylic acids is 1. The third kappa shape index (κ3) is 4.43. The number of nitrogens with zero attached hydrogens (tertiary/aromatic N) is 2. The van der Waals surface area contributed by atoms with E-state index >= 15 is 0 Å². The summed E-state index contributed by atoms with van der Waals surface area (Å²) in [6.45, 7) is 0. The van der Waals surface area contributed by atoms with Crippen LogP contribution in [0.5, 0.6) is 0 Å². The predicted molar refractivity (Wildman–Crippen MR) is 128 cm³/mol. The van der Waals surface area contributed by atoms with Gasteiger partial charge < -0.3 is 20.7 Å². The topological polar surface area (TPSA) is 88.2 Å². The number of aromatic nitrogens is 2. The number of amides is 1. The van der Waals surface area contributed by atoms with Crippen LogP contribution in [0.3, 0.4) is 0 Å². The normalized spacial score (nSPS) is 32.3. The van der Waals surface area contributed by atoms with Gasteiger partial charge in [-0.05, 0) is 92.9 Å². The van der Waals surface area contributed by atoms with E-state index in [4.69, 9.17) is 9.72 Å². The molecule has 174 valence electrons. The fraction of sp³-hybridized carbons (Fsp3) is 0.577. The molecule has 6 atom stereocenters. The first-order chi connectivity index (χ1) is 16.1. The Balaban J connectivity index is 1.15. The first kappa shape index (κ1) is 20.9. The lowest BCUT2D eigenvalue weighted by atomic mass is 9.65. The molecule has 7 heteroatoms. The second-order valence-electron chi connectivity index (χ2n) is 10.5. The monoisotopic (exact) mass is 447 g/mol. The van der Waals surface area contributed by atoms with E-state index in [2.05, 4.69) is 20.9 Å². The molecular weight excluding hydrogens is 414 g/mol. The molecule has 6 unspecified atom stereocenters. The van der Waals surface area contributed by atoms with E-state index in [0.717, 1.165) is 42.4 Å². The molecule has 1 aromatic heterocycles. The van der Waals surface area contributed by atoms with Crippen LogP contribution in [0.25, 0.3) is 0 Å². The number of methoxy groups -OCH3 is 1. The maximum Gasteiger partial charge on any atom is 0.229 e. The Morgan fingerprint density at radius 1 is 1.00 bits per heavy atom. The molecule has 1 heterocycles. The Hall–Kier alpha value is -2.67. The fourth-order valence-corrected chi connectivity index (χ4v) is 6.60. The molecule has 33 heavy (non-hydrogen) atoms. The first-order valence-corrected chi connectivity index (χ1v) is 12.4. The van der Waals surface area contributed by atoms with Gasteiger partial charge in [-0.3, -0.25) is 4.79 Å². The Morgan fingerprint density at radius 3 is 2.61 bits per heavy atom. The van der Waals surface area contributed by atoms with Gasteiger partial charge in [0.1, 0.15) is 5.82 Å². The largest absolute Gasteiger partial charge is 0.381 e. The van der Waals surface area contributed by atoms with Crippen LogP contribution in [0.1, 0.15) is 44.9 Å². The average Bonchev–Trinajstić information content (AvgIpc) is 3.66. The van der Waals surface area contributed by atoms with Gasteiger partial charge in [-0.15, -0.1) is 0 Å². The molecule has 1 aromatic carbocycles. The van der Waals surface area contributed by atoms with Gasteiger partial charge in [0.15, 0.2) is 0 Å². The molecule has 3 N–H and O–H groups in total. The highest BCUT2D eigenvalue weighted by atomic mass is 16.5. The van der Waals surface area contributed by atoms with Gasteiger partial charge in [-0.1, -0.05) is 6.07 Å². The summed E-state index contributed by atoms with van der Waals surface area (Å²) in [7, 11) is 1.88. The van der Waals surface area contributed by atoms with Crippen molar-refractivity contribution in [2.75, 3.05) is 23.1 Å². The average molecular weight is 448 g/mol. The molecule has 7 nitrogen and oxygen atoms in total. The molecule has 0 spiro atoms. The lowest BCUT2D eigenvalue weighted by Gasteiger charge is -2.44. The van der Waals surface area contributed by atoms with Gasteiger partial charge >= 0.3 is 0 Å². The zero-order valence-electron chi connectivity index (χ0n) is 19.2. The highest BCUT2D eigenvalue weighted by molar-refractivity contribution is 5.94. The lowest BCUT2D eigenvalue weighted by Crippen LogP contribution is -2.43. The van der Waals surface area contributed by atoms with Crippen molar-refractivity contribution in [3.8, 4) is 0 Å². The van der Waals surface area contributed by atoms with Crippen molar-refractivity contribution >= 4 is 29.0 Å². The molecule has 5 aliphatic rings. The molecule has 4 bridgehead atoms. The van der Waals surface area contributed by atoms with Crippen LogP contribution in [0.4, 0.5) is 23.1 Å². The predicted octanol–water partition coefficient (Wildman–Crippen LogP) is 4.82. The highest BCUT2D eigenvalue weighted by Crippen LogP contribution is 2.52. The zero-order chi connectivity index (χ0) is 22.4. The molecular formula is C26H33N5O2. The SMILES string of the molecule is COC1CC2CC3CC1CC(C3)C2Nc1ccnc(Nc2cccc(NC(=O)C3CC3)c2)n1. The van der Waals surface area contributed by atoms with Crippen LogP contribution in [0.15, 0.2) is 36.5 Å². The molecule has 2 aromatic rings. The Bertz CT molecular complexity index is 1030. The number of nitrogens with one attached hydrogen (secondary N) is 3. The summed E-state index contributed by atoms with van der Waals surface area (Å²) in [4.78, 5) is 21.3.